The number of hydrogen-bond donors (Lipinski definition) is 1. The van der Waals surface area contributed by atoms with E-state index < -0.39 is 29.1 Å². The second kappa shape index (κ2) is 8.63. The van der Waals surface area contributed by atoms with Gasteiger partial charge in [-0.2, -0.15) is 0 Å². The lowest BCUT2D eigenvalue weighted by Crippen LogP contribution is -2.33. The molecule has 24 heavy (non-hydrogen) atoms. The molecule has 1 fully saturated rings. The molecular weight excluding hydrogens is 336 g/mol. The molecule has 1 aliphatic rings. The summed E-state index contributed by atoms with van der Waals surface area (Å²) < 4.78 is 4.86. The molecule has 8 heteroatoms. The Bertz CT molecular complexity index is 629. The number of nitrogens with one attached hydrogen (secondary N) is 1. The highest BCUT2D eigenvalue weighted by Gasteiger charge is 2.22. The van der Waals surface area contributed by atoms with Crippen molar-refractivity contribution in [3.8, 4) is 0 Å². The normalized spacial score (nSPS) is 14.9. The van der Waals surface area contributed by atoms with Crippen molar-refractivity contribution in [2.75, 3.05) is 13.2 Å². The SMILES string of the molecule is O=C(COC(=O)c1ccc(Cl)cc1[N+](=O)[O-])NCC1CCCCC1. The smallest absolute Gasteiger partial charge is 0.345 e. The zero-order valence-electron chi connectivity index (χ0n) is 13.1. The first-order valence-electron chi connectivity index (χ1n) is 7.85. The third-order valence-electron chi connectivity index (χ3n) is 4.02. The molecule has 2 rings (SSSR count). The van der Waals surface area contributed by atoms with Crippen molar-refractivity contribution in [2.45, 2.75) is 32.1 Å². The average Bonchev–Trinajstić information content (AvgIpc) is 2.58. The molecule has 1 aromatic rings. The van der Waals surface area contributed by atoms with Crippen molar-refractivity contribution in [3.63, 3.8) is 0 Å². The van der Waals surface area contributed by atoms with Gasteiger partial charge in [-0.15, -0.1) is 0 Å². The molecule has 0 atom stereocenters. The van der Waals surface area contributed by atoms with Crippen LogP contribution < -0.4 is 5.32 Å². The minimum absolute atomic E-state index is 0.142. The van der Waals surface area contributed by atoms with Crippen LogP contribution in [0.1, 0.15) is 42.5 Å². The van der Waals surface area contributed by atoms with Gasteiger partial charge in [-0.25, -0.2) is 4.79 Å². The summed E-state index contributed by atoms with van der Waals surface area (Å²) in [5, 5.41) is 13.8. The number of esters is 1. The number of nitro benzene ring substituents is 1. The predicted molar refractivity (Wildman–Crippen MR) is 88.0 cm³/mol. The van der Waals surface area contributed by atoms with Crippen molar-refractivity contribution in [3.05, 3.63) is 38.9 Å². The maximum absolute atomic E-state index is 11.9. The van der Waals surface area contributed by atoms with Gasteiger partial charge in [0.25, 0.3) is 11.6 Å². The van der Waals surface area contributed by atoms with Gasteiger partial charge in [-0.1, -0.05) is 30.9 Å². The van der Waals surface area contributed by atoms with Crippen LogP contribution in [0.3, 0.4) is 0 Å². The Morgan fingerprint density at radius 3 is 2.67 bits per heavy atom. The maximum atomic E-state index is 11.9. The first-order chi connectivity index (χ1) is 11.5. The molecule has 1 saturated carbocycles. The molecule has 1 N–H and O–H groups in total. The first-order valence-corrected chi connectivity index (χ1v) is 8.23. The van der Waals surface area contributed by atoms with Gasteiger partial charge in [0.2, 0.25) is 0 Å². The van der Waals surface area contributed by atoms with Crippen molar-refractivity contribution < 1.29 is 19.2 Å². The van der Waals surface area contributed by atoms with Gasteiger partial charge < -0.3 is 10.1 Å². The number of carbonyl (C=O) groups excluding carboxylic acids is 2. The molecule has 1 amide bonds. The van der Waals surface area contributed by atoms with Gasteiger partial charge in [0, 0.05) is 17.6 Å². The maximum Gasteiger partial charge on any atom is 0.345 e. The Hall–Kier alpha value is -2.15. The van der Waals surface area contributed by atoms with Crippen molar-refractivity contribution in [2.24, 2.45) is 5.92 Å². The van der Waals surface area contributed by atoms with E-state index >= 15 is 0 Å². The monoisotopic (exact) mass is 354 g/mol. The molecule has 0 spiro atoms. The van der Waals surface area contributed by atoms with E-state index in [2.05, 4.69) is 5.32 Å². The summed E-state index contributed by atoms with van der Waals surface area (Å²) in [6.07, 6.45) is 5.78. The summed E-state index contributed by atoms with van der Waals surface area (Å²) in [6, 6.07) is 3.64. The lowest BCUT2D eigenvalue weighted by molar-refractivity contribution is -0.385. The number of halogens is 1. The van der Waals surface area contributed by atoms with E-state index in [0.29, 0.717) is 12.5 Å². The first kappa shape index (κ1) is 18.2. The Kier molecular flexibility index (Phi) is 6.54. The molecule has 0 saturated heterocycles. The molecule has 0 aromatic heterocycles. The zero-order valence-corrected chi connectivity index (χ0v) is 13.9. The van der Waals surface area contributed by atoms with Crippen LogP contribution in [0.25, 0.3) is 0 Å². The molecule has 130 valence electrons. The number of benzene rings is 1. The van der Waals surface area contributed by atoms with Crippen LogP contribution in [-0.2, 0) is 9.53 Å². The molecule has 1 aliphatic carbocycles. The van der Waals surface area contributed by atoms with E-state index in [1.54, 1.807) is 0 Å². The number of nitro groups is 1. The van der Waals surface area contributed by atoms with Crippen LogP contribution in [0.4, 0.5) is 5.69 Å². The third kappa shape index (κ3) is 5.19. The highest BCUT2D eigenvalue weighted by Crippen LogP contribution is 2.24. The molecule has 0 bridgehead atoms. The topological polar surface area (TPSA) is 98.5 Å². The largest absolute Gasteiger partial charge is 0.452 e. The van der Waals surface area contributed by atoms with E-state index in [9.17, 15) is 19.7 Å². The van der Waals surface area contributed by atoms with E-state index in [1.807, 2.05) is 0 Å². The number of nitrogens with zero attached hydrogens (tertiary/aromatic N) is 1. The van der Waals surface area contributed by atoms with Crippen molar-refractivity contribution in [1.29, 1.82) is 0 Å². The van der Waals surface area contributed by atoms with E-state index in [0.717, 1.165) is 18.9 Å². The van der Waals surface area contributed by atoms with Gasteiger partial charge in [-0.3, -0.25) is 14.9 Å². The van der Waals surface area contributed by atoms with Gasteiger partial charge in [0.05, 0.1) is 4.92 Å². The number of rotatable bonds is 6. The lowest BCUT2D eigenvalue weighted by Gasteiger charge is -2.21. The summed E-state index contributed by atoms with van der Waals surface area (Å²) >= 11 is 5.69. The summed E-state index contributed by atoms with van der Waals surface area (Å²) in [5.74, 6) is -0.868. The molecule has 0 heterocycles. The Balaban J connectivity index is 1.84. The standard InChI is InChI=1S/C16H19ClN2O5/c17-12-6-7-13(14(8-12)19(22)23)16(21)24-10-15(20)18-9-11-4-2-1-3-5-11/h6-8,11H,1-5,9-10H2,(H,18,20). The quantitative estimate of drug-likeness (QED) is 0.480. The van der Waals surface area contributed by atoms with E-state index in [1.165, 1.54) is 31.4 Å². The summed E-state index contributed by atoms with van der Waals surface area (Å²) in [7, 11) is 0. The van der Waals surface area contributed by atoms with Crippen LogP contribution in [-0.4, -0.2) is 30.0 Å². The summed E-state index contributed by atoms with van der Waals surface area (Å²) in [4.78, 5) is 33.9. The highest BCUT2D eigenvalue weighted by molar-refractivity contribution is 6.31. The molecule has 0 radical (unpaired) electrons. The van der Waals surface area contributed by atoms with Gasteiger partial charge in [-0.05, 0) is 30.9 Å². The van der Waals surface area contributed by atoms with Gasteiger partial charge in [0.15, 0.2) is 6.61 Å². The number of amides is 1. The number of hydrogen-bond acceptors (Lipinski definition) is 5. The van der Waals surface area contributed by atoms with E-state index in [-0.39, 0.29) is 10.6 Å². The van der Waals surface area contributed by atoms with Crippen LogP contribution in [0, 0.1) is 16.0 Å². The Morgan fingerprint density at radius 2 is 2.00 bits per heavy atom. The number of carbonyl (C=O) groups is 2. The molecule has 0 aliphatic heterocycles. The van der Waals surface area contributed by atoms with Gasteiger partial charge in [0.1, 0.15) is 5.56 Å². The predicted octanol–water partition coefficient (Wildman–Crippen LogP) is 3.10. The highest BCUT2D eigenvalue weighted by atomic mass is 35.5. The van der Waals surface area contributed by atoms with Crippen molar-refractivity contribution in [1.82, 2.24) is 5.32 Å². The average molecular weight is 355 g/mol. The second-order valence-corrected chi connectivity index (χ2v) is 6.24. The molecule has 7 nitrogen and oxygen atoms in total. The van der Waals surface area contributed by atoms with Crippen LogP contribution in [0.15, 0.2) is 18.2 Å². The fraction of sp³-hybridized carbons (Fsp3) is 0.500. The van der Waals surface area contributed by atoms with Gasteiger partial charge >= 0.3 is 5.97 Å². The minimum Gasteiger partial charge on any atom is -0.452 e. The second-order valence-electron chi connectivity index (χ2n) is 5.80. The zero-order chi connectivity index (χ0) is 17.5. The molecule has 0 unspecified atom stereocenters. The fourth-order valence-electron chi connectivity index (χ4n) is 2.74. The minimum atomic E-state index is -0.925. The molecule has 1 aromatic carbocycles. The Labute approximate surface area is 144 Å². The summed E-state index contributed by atoms with van der Waals surface area (Å²) in [6.45, 7) is 0.100. The van der Waals surface area contributed by atoms with Crippen LogP contribution in [0.2, 0.25) is 5.02 Å². The lowest BCUT2D eigenvalue weighted by atomic mass is 9.89. The van der Waals surface area contributed by atoms with Crippen LogP contribution >= 0.6 is 11.6 Å². The third-order valence-corrected chi connectivity index (χ3v) is 4.26. The molecular formula is C16H19ClN2O5. The van der Waals surface area contributed by atoms with Crippen LogP contribution in [0.5, 0.6) is 0 Å². The fourth-order valence-corrected chi connectivity index (χ4v) is 2.90. The number of ether oxygens (including phenoxy) is 1. The van der Waals surface area contributed by atoms with E-state index in [4.69, 9.17) is 16.3 Å². The Morgan fingerprint density at radius 1 is 1.29 bits per heavy atom. The summed E-state index contributed by atoms with van der Waals surface area (Å²) in [5.41, 5.74) is -0.681. The van der Waals surface area contributed by atoms with Crippen molar-refractivity contribution >= 4 is 29.2 Å².